The van der Waals surface area contributed by atoms with E-state index in [1.54, 1.807) is 0 Å². The van der Waals surface area contributed by atoms with Crippen LogP contribution in [0.5, 0.6) is 0 Å². The Morgan fingerprint density at radius 1 is 1.42 bits per heavy atom. The van der Waals surface area contributed by atoms with Gasteiger partial charge in [0, 0.05) is 0 Å². The molecule has 12 heavy (non-hydrogen) atoms. The second-order valence-electron chi connectivity index (χ2n) is 3.10. The van der Waals surface area contributed by atoms with E-state index < -0.39 is 6.04 Å². The number of hydrogen-bond acceptors (Lipinski definition) is 3. The fourth-order valence-electron chi connectivity index (χ4n) is 0.970. The number of hydrogen-bond donors (Lipinski definition) is 2. The smallest absolute Gasteiger partial charge is 0.234 e. The predicted molar refractivity (Wildman–Crippen MR) is 46.5 cm³/mol. The zero-order valence-corrected chi connectivity index (χ0v) is 7.76. The Kier molecular flexibility index (Phi) is 4.51. The largest absolute Gasteiger partial charge is 0.345 e. The van der Waals surface area contributed by atoms with Crippen molar-refractivity contribution >= 4 is 11.7 Å². The summed E-state index contributed by atoms with van der Waals surface area (Å²) in [4.78, 5) is 21.8. The fraction of sp³-hybridized carbons (Fsp3) is 0.750. The number of rotatable bonds is 4. The van der Waals surface area contributed by atoms with Crippen LogP contribution < -0.4 is 11.1 Å². The van der Waals surface area contributed by atoms with Crippen LogP contribution in [0.25, 0.3) is 0 Å². The minimum Gasteiger partial charge on any atom is -0.345 e. The van der Waals surface area contributed by atoms with Crippen molar-refractivity contribution in [2.45, 2.75) is 26.8 Å². The van der Waals surface area contributed by atoms with Gasteiger partial charge in [-0.1, -0.05) is 13.8 Å². The van der Waals surface area contributed by atoms with Gasteiger partial charge in [-0.2, -0.15) is 0 Å². The highest BCUT2D eigenvalue weighted by Gasteiger charge is 2.19. The van der Waals surface area contributed by atoms with Crippen LogP contribution in [0.4, 0.5) is 0 Å². The number of nitrogens with two attached hydrogens (primary N) is 1. The molecule has 1 amide bonds. The number of ketones is 1. The van der Waals surface area contributed by atoms with Crippen LogP contribution in [0.3, 0.4) is 0 Å². The minimum absolute atomic E-state index is 0.0354. The predicted octanol–water partition coefficient (Wildman–Crippen LogP) is -0.325. The van der Waals surface area contributed by atoms with Crippen LogP contribution in [0.2, 0.25) is 0 Å². The summed E-state index contributed by atoms with van der Waals surface area (Å²) in [5.74, 6) is -0.214. The van der Waals surface area contributed by atoms with E-state index in [9.17, 15) is 9.59 Å². The van der Waals surface area contributed by atoms with Crippen molar-refractivity contribution in [3.8, 4) is 0 Å². The van der Waals surface area contributed by atoms with Crippen LogP contribution in [0.15, 0.2) is 0 Å². The summed E-state index contributed by atoms with van der Waals surface area (Å²) in [6.45, 7) is 5.14. The van der Waals surface area contributed by atoms with Crippen LogP contribution in [0, 0.1) is 5.92 Å². The molecule has 0 spiro atoms. The molecule has 0 saturated heterocycles. The topological polar surface area (TPSA) is 72.2 Å². The van der Waals surface area contributed by atoms with E-state index in [2.05, 4.69) is 5.32 Å². The molecule has 0 aromatic carbocycles. The standard InChI is InChI=1S/C8H16N2O2/c1-5(2)8(6(3)11)10-7(12)4-9/h5,8H,4,9H2,1-3H3,(H,10,12)/t8-/m0/s1. The lowest BCUT2D eigenvalue weighted by Crippen LogP contribution is -2.45. The van der Waals surface area contributed by atoms with E-state index in [1.807, 2.05) is 13.8 Å². The lowest BCUT2D eigenvalue weighted by Gasteiger charge is -2.18. The van der Waals surface area contributed by atoms with Gasteiger partial charge in [-0.05, 0) is 12.8 Å². The van der Waals surface area contributed by atoms with E-state index in [0.717, 1.165) is 0 Å². The summed E-state index contributed by atoms with van der Waals surface area (Å²) in [5, 5.41) is 2.55. The Balaban J connectivity index is 4.14. The van der Waals surface area contributed by atoms with Crippen molar-refractivity contribution < 1.29 is 9.59 Å². The molecule has 0 aromatic heterocycles. The first-order chi connectivity index (χ1) is 5.49. The molecule has 70 valence electrons. The first-order valence-electron chi connectivity index (χ1n) is 3.99. The number of amides is 1. The third-order valence-electron chi connectivity index (χ3n) is 1.61. The van der Waals surface area contributed by atoms with Crippen molar-refractivity contribution in [1.29, 1.82) is 0 Å². The van der Waals surface area contributed by atoms with Crippen LogP contribution in [-0.4, -0.2) is 24.3 Å². The fourth-order valence-corrected chi connectivity index (χ4v) is 0.970. The molecule has 0 heterocycles. The maximum Gasteiger partial charge on any atom is 0.234 e. The molecule has 0 aliphatic heterocycles. The van der Waals surface area contributed by atoms with Crippen molar-refractivity contribution in [2.24, 2.45) is 11.7 Å². The molecule has 0 aliphatic rings. The average molecular weight is 172 g/mol. The van der Waals surface area contributed by atoms with E-state index >= 15 is 0 Å². The Morgan fingerprint density at radius 3 is 2.17 bits per heavy atom. The molecule has 4 heteroatoms. The van der Waals surface area contributed by atoms with E-state index in [0.29, 0.717) is 0 Å². The lowest BCUT2D eigenvalue weighted by molar-refractivity contribution is -0.127. The van der Waals surface area contributed by atoms with Gasteiger partial charge in [0.05, 0.1) is 12.6 Å². The first kappa shape index (κ1) is 11.1. The van der Waals surface area contributed by atoms with Crippen molar-refractivity contribution in [3.63, 3.8) is 0 Å². The molecule has 0 radical (unpaired) electrons. The molecule has 1 atom stereocenters. The molecule has 0 rings (SSSR count). The summed E-state index contributed by atoms with van der Waals surface area (Å²) < 4.78 is 0. The number of nitrogens with one attached hydrogen (secondary N) is 1. The monoisotopic (exact) mass is 172 g/mol. The SMILES string of the molecule is CC(=O)[C@@H](NC(=O)CN)C(C)C. The highest BCUT2D eigenvalue weighted by molar-refractivity contribution is 5.88. The van der Waals surface area contributed by atoms with E-state index in [-0.39, 0.29) is 24.2 Å². The third-order valence-corrected chi connectivity index (χ3v) is 1.61. The summed E-state index contributed by atoms with van der Waals surface area (Å²) in [5.41, 5.74) is 5.10. The highest BCUT2D eigenvalue weighted by Crippen LogP contribution is 2.01. The summed E-state index contributed by atoms with van der Waals surface area (Å²) in [6.07, 6.45) is 0. The van der Waals surface area contributed by atoms with Crippen LogP contribution in [0.1, 0.15) is 20.8 Å². The molecule has 0 bridgehead atoms. The van der Waals surface area contributed by atoms with Gasteiger partial charge < -0.3 is 11.1 Å². The van der Waals surface area contributed by atoms with E-state index in [1.165, 1.54) is 6.92 Å². The normalized spacial score (nSPS) is 12.8. The first-order valence-corrected chi connectivity index (χ1v) is 3.99. The molecular formula is C8H16N2O2. The zero-order chi connectivity index (χ0) is 9.72. The number of carbonyl (C=O) groups excluding carboxylic acids is 2. The molecule has 0 saturated carbocycles. The maximum absolute atomic E-state index is 11.0. The molecule has 0 unspecified atom stereocenters. The van der Waals surface area contributed by atoms with Gasteiger partial charge in [0.2, 0.25) is 5.91 Å². The molecule has 0 fully saturated rings. The molecule has 3 N–H and O–H groups in total. The Hall–Kier alpha value is -0.900. The van der Waals surface area contributed by atoms with Gasteiger partial charge in [-0.25, -0.2) is 0 Å². The Labute approximate surface area is 72.5 Å². The number of Topliss-reactive ketones (excluding diaryl/α,β-unsaturated/α-hetero) is 1. The molecule has 0 aromatic rings. The van der Waals surface area contributed by atoms with Gasteiger partial charge in [0.25, 0.3) is 0 Å². The Morgan fingerprint density at radius 2 is 1.92 bits per heavy atom. The van der Waals surface area contributed by atoms with E-state index in [4.69, 9.17) is 5.73 Å². The summed E-state index contributed by atoms with van der Waals surface area (Å²) in [7, 11) is 0. The van der Waals surface area contributed by atoms with Crippen LogP contribution >= 0.6 is 0 Å². The van der Waals surface area contributed by atoms with Crippen molar-refractivity contribution in [1.82, 2.24) is 5.32 Å². The minimum atomic E-state index is -0.402. The maximum atomic E-state index is 11.0. The van der Waals surface area contributed by atoms with Gasteiger partial charge in [-0.15, -0.1) is 0 Å². The lowest BCUT2D eigenvalue weighted by atomic mass is 10.0. The summed E-state index contributed by atoms with van der Waals surface area (Å²) >= 11 is 0. The molecular weight excluding hydrogens is 156 g/mol. The zero-order valence-electron chi connectivity index (χ0n) is 7.76. The molecule has 0 aliphatic carbocycles. The van der Waals surface area contributed by atoms with Crippen LogP contribution in [-0.2, 0) is 9.59 Å². The quantitative estimate of drug-likeness (QED) is 0.610. The second kappa shape index (κ2) is 4.87. The van der Waals surface area contributed by atoms with Gasteiger partial charge in [-0.3, -0.25) is 9.59 Å². The highest BCUT2D eigenvalue weighted by atomic mass is 16.2. The van der Waals surface area contributed by atoms with Gasteiger partial charge in [0.15, 0.2) is 5.78 Å². The number of carbonyl (C=O) groups is 2. The average Bonchev–Trinajstić information content (AvgIpc) is 1.98. The van der Waals surface area contributed by atoms with Gasteiger partial charge >= 0.3 is 0 Å². The third kappa shape index (κ3) is 3.48. The van der Waals surface area contributed by atoms with Crippen molar-refractivity contribution in [2.75, 3.05) is 6.54 Å². The summed E-state index contributed by atoms with van der Waals surface area (Å²) in [6, 6.07) is -0.402. The van der Waals surface area contributed by atoms with Crippen molar-refractivity contribution in [3.05, 3.63) is 0 Å². The Bertz CT molecular complexity index is 178. The second-order valence-corrected chi connectivity index (χ2v) is 3.10. The molecule has 4 nitrogen and oxygen atoms in total. The van der Waals surface area contributed by atoms with Gasteiger partial charge in [0.1, 0.15) is 0 Å².